The Labute approximate surface area is 132 Å². The number of anilines is 1. The van der Waals surface area contributed by atoms with Crippen LogP contribution in [0.15, 0.2) is 30.3 Å². The molecule has 118 valence electrons. The summed E-state index contributed by atoms with van der Waals surface area (Å²) in [5, 5.41) is 13.8. The van der Waals surface area contributed by atoms with Crippen LogP contribution in [0.25, 0.3) is 0 Å². The third-order valence-corrected chi connectivity index (χ3v) is 6.09. The lowest BCUT2D eigenvalue weighted by Crippen LogP contribution is -2.55. The summed E-state index contributed by atoms with van der Waals surface area (Å²) in [6, 6.07) is 9.66. The van der Waals surface area contributed by atoms with Crippen LogP contribution in [0.1, 0.15) is 51.4 Å². The van der Waals surface area contributed by atoms with Crippen molar-refractivity contribution in [3.63, 3.8) is 0 Å². The van der Waals surface area contributed by atoms with Gasteiger partial charge in [-0.1, -0.05) is 18.2 Å². The standard InChI is InChI=1S/C19H25NO2/c21-17(20-16-4-2-1-3-5-16)6-7-18-9-14-8-15(10-18)12-19(22,11-14)13-18/h1-5,14-15,22H,6-13H2,(H,20,21). The molecule has 4 bridgehead atoms. The number of carbonyl (C=O) groups excluding carboxylic acids is 1. The Morgan fingerprint density at radius 2 is 1.82 bits per heavy atom. The lowest BCUT2D eigenvalue weighted by molar-refractivity contribution is -0.166. The van der Waals surface area contributed by atoms with Crippen LogP contribution < -0.4 is 5.32 Å². The van der Waals surface area contributed by atoms with Gasteiger partial charge in [-0.2, -0.15) is 0 Å². The molecule has 1 aromatic rings. The average molecular weight is 299 g/mol. The summed E-state index contributed by atoms with van der Waals surface area (Å²) < 4.78 is 0. The Kier molecular flexibility index (Phi) is 3.30. The van der Waals surface area contributed by atoms with E-state index in [1.807, 2.05) is 30.3 Å². The number of hydrogen-bond acceptors (Lipinski definition) is 2. The van der Waals surface area contributed by atoms with Gasteiger partial charge in [-0.15, -0.1) is 0 Å². The number of rotatable bonds is 4. The summed E-state index contributed by atoms with van der Waals surface area (Å²) in [5.74, 6) is 1.50. The van der Waals surface area contributed by atoms with Gasteiger partial charge in [0.05, 0.1) is 5.60 Å². The van der Waals surface area contributed by atoms with E-state index in [2.05, 4.69) is 5.32 Å². The lowest BCUT2D eigenvalue weighted by atomic mass is 9.47. The number of para-hydroxylation sites is 1. The van der Waals surface area contributed by atoms with E-state index in [1.165, 1.54) is 19.3 Å². The third-order valence-electron chi connectivity index (χ3n) is 6.09. The predicted octanol–water partition coefficient (Wildman–Crippen LogP) is 3.74. The zero-order valence-corrected chi connectivity index (χ0v) is 13.1. The van der Waals surface area contributed by atoms with Crippen molar-refractivity contribution in [3.05, 3.63) is 30.3 Å². The van der Waals surface area contributed by atoms with Crippen molar-refractivity contribution < 1.29 is 9.90 Å². The molecule has 5 rings (SSSR count). The van der Waals surface area contributed by atoms with Crippen molar-refractivity contribution in [3.8, 4) is 0 Å². The molecule has 4 saturated carbocycles. The van der Waals surface area contributed by atoms with Crippen LogP contribution in [0.2, 0.25) is 0 Å². The molecule has 0 spiro atoms. The number of benzene rings is 1. The molecule has 0 saturated heterocycles. The largest absolute Gasteiger partial charge is 0.390 e. The topological polar surface area (TPSA) is 49.3 Å². The summed E-state index contributed by atoms with van der Waals surface area (Å²) in [5.41, 5.74) is 0.684. The first-order valence-electron chi connectivity index (χ1n) is 8.62. The molecule has 0 heterocycles. The second-order valence-corrected chi connectivity index (χ2v) is 8.10. The van der Waals surface area contributed by atoms with Crippen LogP contribution in [0, 0.1) is 17.3 Å². The van der Waals surface area contributed by atoms with Gasteiger partial charge in [0.15, 0.2) is 0 Å². The van der Waals surface area contributed by atoms with Crippen molar-refractivity contribution in [2.45, 2.75) is 57.0 Å². The minimum atomic E-state index is -0.417. The maximum Gasteiger partial charge on any atom is 0.224 e. The molecule has 3 nitrogen and oxygen atoms in total. The van der Waals surface area contributed by atoms with Gasteiger partial charge in [-0.25, -0.2) is 0 Å². The second kappa shape index (κ2) is 5.09. The molecule has 22 heavy (non-hydrogen) atoms. The molecular formula is C19H25NO2. The first-order valence-corrected chi connectivity index (χ1v) is 8.62. The van der Waals surface area contributed by atoms with E-state index in [4.69, 9.17) is 0 Å². The fourth-order valence-electron chi connectivity index (χ4n) is 5.82. The lowest BCUT2D eigenvalue weighted by Gasteiger charge is -2.60. The van der Waals surface area contributed by atoms with Gasteiger partial charge in [0.1, 0.15) is 0 Å². The van der Waals surface area contributed by atoms with Gasteiger partial charge in [0, 0.05) is 12.1 Å². The van der Waals surface area contributed by atoms with E-state index in [1.54, 1.807) is 0 Å². The fraction of sp³-hybridized carbons (Fsp3) is 0.632. The molecule has 0 radical (unpaired) electrons. The van der Waals surface area contributed by atoms with Crippen molar-refractivity contribution in [2.24, 2.45) is 17.3 Å². The highest BCUT2D eigenvalue weighted by atomic mass is 16.3. The summed E-state index contributed by atoms with van der Waals surface area (Å²) in [7, 11) is 0. The van der Waals surface area contributed by atoms with Crippen LogP contribution in [-0.4, -0.2) is 16.6 Å². The molecule has 2 unspecified atom stereocenters. The first-order chi connectivity index (χ1) is 10.5. The molecule has 2 atom stereocenters. The maximum atomic E-state index is 12.2. The molecule has 4 aliphatic carbocycles. The van der Waals surface area contributed by atoms with Gasteiger partial charge in [0.25, 0.3) is 0 Å². The number of nitrogens with one attached hydrogen (secondary N) is 1. The molecule has 4 fully saturated rings. The molecule has 2 N–H and O–H groups in total. The second-order valence-electron chi connectivity index (χ2n) is 8.10. The van der Waals surface area contributed by atoms with Crippen LogP contribution >= 0.6 is 0 Å². The number of amides is 1. The molecular weight excluding hydrogens is 274 g/mol. The fourth-order valence-corrected chi connectivity index (χ4v) is 5.82. The van der Waals surface area contributed by atoms with E-state index >= 15 is 0 Å². The van der Waals surface area contributed by atoms with Gasteiger partial charge in [-0.05, 0) is 74.3 Å². The van der Waals surface area contributed by atoms with Crippen molar-refractivity contribution in [1.82, 2.24) is 0 Å². The van der Waals surface area contributed by atoms with Crippen LogP contribution in [-0.2, 0) is 4.79 Å². The van der Waals surface area contributed by atoms with Crippen LogP contribution in [0.4, 0.5) is 5.69 Å². The Hall–Kier alpha value is -1.35. The molecule has 4 aliphatic rings. The zero-order valence-electron chi connectivity index (χ0n) is 13.1. The zero-order chi connectivity index (χ0) is 15.2. The minimum absolute atomic E-state index is 0.105. The van der Waals surface area contributed by atoms with Crippen LogP contribution in [0.5, 0.6) is 0 Å². The van der Waals surface area contributed by atoms with E-state index < -0.39 is 5.60 Å². The van der Waals surface area contributed by atoms with Gasteiger partial charge < -0.3 is 10.4 Å². The molecule has 3 heteroatoms. The summed E-state index contributed by atoms with van der Waals surface area (Å²) in [6.45, 7) is 0. The maximum absolute atomic E-state index is 12.2. The highest BCUT2D eigenvalue weighted by Crippen LogP contribution is 2.63. The normalized spacial score (nSPS) is 39.0. The summed E-state index contributed by atoms with van der Waals surface area (Å²) >= 11 is 0. The average Bonchev–Trinajstić information content (AvgIpc) is 2.44. The number of aliphatic hydroxyl groups is 1. The number of carbonyl (C=O) groups is 1. The Morgan fingerprint density at radius 3 is 2.45 bits per heavy atom. The first kappa shape index (κ1) is 14.3. The molecule has 1 amide bonds. The highest BCUT2D eigenvalue weighted by Gasteiger charge is 2.56. The van der Waals surface area contributed by atoms with Gasteiger partial charge >= 0.3 is 0 Å². The minimum Gasteiger partial charge on any atom is -0.390 e. The van der Waals surface area contributed by atoms with E-state index in [0.29, 0.717) is 18.3 Å². The monoisotopic (exact) mass is 299 g/mol. The van der Waals surface area contributed by atoms with Crippen LogP contribution in [0.3, 0.4) is 0 Å². The van der Waals surface area contributed by atoms with E-state index in [9.17, 15) is 9.90 Å². The van der Waals surface area contributed by atoms with Gasteiger partial charge in [-0.3, -0.25) is 4.79 Å². The third kappa shape index (κ3) is 2.67. The van der Waals surface area contributed by atoms with Crippen molar-refractivity contribution in [1.29, 1.82) is 0 Å². The highest BCUT2D eigenvalue weighted by molar-refractivity contribution is 5.90. The Balaban J connectivity index is 1.38. The predicted molar refractivity (Wildman–Crippen MR) is 86.4 cm³/mol. The number of hydrogen-bond donors (Lipinski definition) is 2. The van der Waals surface area contributed by atoms with E-state index in [0.717, 1.165) is 31.4 Å². The van der Waals surface area contributed by atoms with Crippen molar-refractivity contribution >= 4 is 11.6 Å². The summed E-state index contributed by atoms with van der Waals surface area (Å²) in [4.78, 5) is 12.2. The smallest absolute Gasteiger partial charge is 0.224 e. The quantitative estimate of drug-likeness (QED) is 0.890. The van der Waals surface area contributed by atoms with Gasteiger partial charge in [0.2, 0.25) is 5.91 Å². The Bertz CT molecular complexity index is 554. The summed E-state index contributed by atoms with van der Waals surface area (Å²) in [6.07, 6.45) is 8.19. The Morgan fingerprint density at radius 1 is 1.14 bits per heavy atom. The molecule has 1 aromatic carbocycles. The van der Waals surface area contributed by atoms with Crippen molar-refractivity contribution in [2.75, 3.05) is 5.32 Å². The molecule has 0 aliphatic heterocycles. The SMILES string of the molecule is O=C(CCC12CC3CC(CC(O)(C3)C1)C2)Nc1ccccc1. The molecule has 0 aromatic heterocycles. The van der Waals surface area contributed by atoms with E-state index in [-0.39, 0.29) is 11.3 Å².